The van der Waals surface area contributed by atoms with Gasteiger partial charge in [0, 0.05) is 32.7 Å². The molecule has 1 aromatic carbocycles. The lowest BCUT2D eigenvalue weighted by Gasteiger charge is -2.33. The molecule has 6 nitrogen and oxygen atoms in total. The molecule has 1 aliphatic rings. The molecule has 1 heterocycles. The van der Waals surface area contributed by atoms with E-state index in [2.05, 4.69) is 5.32 Å². The normalized spacial score (nSPS) is 16.6. The van der Waals surface area contributed by atoms with Gasteiger partial charge in [0.05, 0.1) is 0 Å². The van der Waals surface area contributed by atoms with Crippen molar-refractivity contribution in [1.29, 1.82) is 0 Å². The fourth-order valence-corrected chi connectivity index (χ4v) is 3.71. The molecule has 0 saturated carbocycles. The Hall–Kier alpha value is -1.74. The van der Waals surface area contributed by atoms with Crippen LogP contribution >= 0.6 is 0 Å². The zero-order chi connectivity index (χ0) is 16.3. The van der Waals surface area contributed by atoms with Crippen molar-refractivity contribution in [3.8, 4) is 0 Å². The van der Waals surface area contributed by atoms with Crippen LogP contribution in [-0.2, 0) is 10.0 Å². The van der Waals surface area contributed by atoms with E-state index in [0.717, 1.165) is 16.4 Å². The lowest BCUT2D eigenvalue weighted by molar-refractivity contribution is 0.172. The van der Waals surface area contributed by atoms with Gasteiger partial charge in [0.25, 0.3) is 0 Å². The van der Waals surface area contributed by atoms with Gasteiger partial charge in [-0.1, -0.05) is 0 Å². The fraction of sp³-hybridized carbons (Fsp3) is 0.462. The van der Waals surface area contributed by atoms with Crippen molar-refractivity contribution in [2.24, 2.45) is 0 Å². The molecule has 0 unspecified atom stereocenters. The van der Waals surface area contributed by atoms with Gasteiger partial charge >= 0.3 is 6.03 Å². The molecule has 1 saturated heterocycles. The topological polar surface area (TPSA) is 69.7 Å². The summed E-state index contributed by atoms with van der Waals surface area (Å²) >= 11 is 0. The molecule has 22 heavy (non-hydrogen) atoms. The second-order valence-corrected chi connectivity index (χ2v) is 6.71. The molecular formula is C13H17F2N3O3S. The zero-order valence-corrected chi connectivity index (χ0v) is 12.9. The second kappa shape index (κ2) is 6.57. The van der Waals surface area contributed by atoms with Crippen LogP contribution in [0.4, 0.5) is 13.6 Å². The van der Waals surface area contributed by atoms with Crippen molar-refractivity contribution in [3.05, 3.63) is 29.8 Å². The monoisotopic (exact) mass is 333 g/mol. The van der Waals surface area contributed by atoms with Gasteiger partial charge in [-0.25, -0.2) is 22.0 Å². The standard InChI is InChI=1S/C13H17F2N3O3S/c1-2-16-13(19)17-5-7-18(8-6-17)22(20,21)12-9-10(14)3-4-11(12)15/h3-4,9H,2,5-8H2,1H3,(H,16,19). The number of carbonyl (C=O) groups is 1. The van der Waals surface area contributed by atoms with Crippen LogP contribution in [0.3, 0.4) is 0 Å². The number of sulfonamides is 1. The molecule has 9 heteroatoms. The predicted molar refractivity (Wildman–Crippen MR) is 75.8 cm³/mol. The van der Waals surface area contributed by atoms with E-state index in [-0.39, 0.29) is 32.2 Å². The number of amides is 2. The van der Waals surface area contributed by atoms with Gasteiger partial charge in [-0.15, -0.1) is 0 Å². The molecule has 0 atom stereocenters. The highest BCUT2D eigenvalue weighted by Crippen LogP contribution is 2.21. The van der Waals surface area contributed by atoms with E-state index in [1.807, 2.05) is 0 Å². The van der Waals surface area contributed by atoms with Crippen molar-refractivity contribution >= 4 is 16.1 Å². The largest absolute Gasteiger partial charge is 0.338 e. The number of hydrogen-bond acceptors (Lipinski definition) is 3. The van der Waals surface area contributed by atoms with E-state index >= 15 is 0 Å². The fourth-order valence-electron chi connectivity index (χ4n) is 2.21. The Bertz CT molecular complexity index is 658. The molecule has 2 amide bonds. The number of nitrogens with one attached hydrogen (secondary N) is 1. The third kappa shape index (κ3) is 3.36. The van der Waals surface area contributed by atoms with E-state index in [1.165, 1.54) is 4.90 Å². The molecular weight excluding hydrogens is 316 g/mol. The number of carbonyl (C=O) groups excluding carboxylic acids is 1. The molecule has 122 valence electrons. The third-order valence-corrected chi connectivity index (χ3v) is 5.28. The van der Waals surface area contributed by atoms with Crippen molar-refractivity contribution in [2.75, 3.05) is 32.7 Å². The van der Waals surface area contributed by atoms with Crippen molar-refractivity contribution in [3.63, 3.8) is 0 Å². The Morgan fingerprint density at radius 2 is 1.86 bits per heavy atom. The van der Waals surface area contributed by atoms with Crippen LogP contribution in [0.5, 0.6) is 0 Å². The maximum atomic E-state index is 13.7. The van der Waals surface area contributed by atoms with Gasteiger partial charge in [0.15, 0.2) is 0 Å². The summed E-state index contributed by atoms with van der Waals surface area (Å²) in [5.41, 5.74) is 0. The van der Waals surface area contributed by atoms with E-state index < -0.39 is 26.6 Å². The van der Waals surface area contributed by atoms with Gasteiger partial charge in [-0.3, -0.25) is 0 Å². The molecule has 1 N–H and O–H groups in total. The highest BCUT2D eigenvalue weighted by Gasteiger charge is 2.32. The van der Waals surface area contributed by atoms with Gasteiger partial charge in [0.2, 0.25) is 10.0 Å². The molecule has 1 aliphatic heterocycles. The summed E-state index contributed by atoms with van der Waals surface area (Å²) in [6, 6.07) is 2.05. The SMILES string of the molecule is CCNC(=O)N1CCN(S(=O)(=O)c2cc(F)ccc2F)CC1. The number of benzene rings is 1. The van der Waals surface area contributed by atoms with Crippen LogP contribution in [0.2, 0.25) is 0 Å². The Balaban J connectivity index is 2.13. The van der Waals surface area contributed by atoms with Crippen LogP contribution in [0, 0.1) is 11.6 Å². The maximum absolute atomic E-state index is 13.7. The summed E-state index contributed by atoms with van der Waals surface area (Å²) in [5.74, 6) is -1.81. The number of urea groups is 1. The zero-order valence-electron chi connectivity index (χ0n) is 12.1. The Labute approximate surface area is 127 Å². The van der Waals surface area contributed by atoms with E-state index in [0.29, 0.717) is 12.6 Å². The molecule has 0 aliphatic carbocycles. The van der Waals surface area contributed by atoms with Gasteiger partial charge < -0.3 is 10.2 Å². The van der Waals surface area contributed by atoms with Crippen LogP contribution in [0.15, 0.2) is 23.1 Å². The molecule has 0 bridgehead atoms. The first-order valence-electron chi connectivity index (χ1n) is 6.84. The average Bonchev–Trinajstić information content (AvgIpc) is 2.50. The minimum absolute atomic E-state index is 0.0371. The van der Waals surface area contributed by atoms with E-state index in [9.17, 15) is 22.0 Å². The molecule has 2 rings (SSSR count). The third-order valence-electron chi connectivity index (χ3n) is 3.36. The summed E-state index contributed by atoms with van der Waals surface area (Å²) in [5, 5.41) is 2.63. The van der Waals surface area contributed by atoms with Gasteiger partial charge in [-0.2, -0.15) is 4.31 Å². The van der Waals surface area contributed by atoms with E-state index in [1.54, 1.807) is 6.92 Å². The smallest absolute Gasteiger partial charge is 0.317 e. The highest BCUT2D eigenvalue weighted by molar-refractivity contribution is 7.89. The summed E-state index contributed by atoms with van der Waals surface area (Å²) in [6.07, 6.45) is 0. The maximum Gasteiger partial charge on any atom is 0.317 e. The van der Waals surface area contributed by atoms with Crippen molar-refractivity contribution in [1.82, 2.24) is 14.5 Å². The predicted octanol–water partition coefficient (Wildman–Crippen LogP) is 1.00. The quantitative estimate of drug-likeness (QED) is 0.897. The summed E-state index contributed by atoms with van der Waals surface area (Å²) in [4.78, 5) is 12.5. The molecule has 1 fully saturated rings. The average molecular weight is 333 g/mol. The number of rotatable bonds is 3. The summed E-state index contributed by atoms with van der Waals surface area (Å²) in [7, 11) is -4.12. The lowest BCUT2D eigenvalue weighted by atomic mass is 10.3. The Morgan fingerprint density at radius 3 is 2.45 bits per heavy atom. The Morgan fingerprint density at radius 1 is 1.23 bits per heavy atom. The molecule has 1 aromatic rings. The molecule has 0 radical (unpaired) electrons. The van der Waals surface area contributed by atoms with Gasteiger partial charge in [0.1, 0.15) is 16.5 Å². The first-order chi connectivity index (χ1) is 10.4. The lowest BCUT2D eigenvalue weighted by Crippen LogP contribution is -2.53. The first-order valence-corrected chi connectivity index (χ1v) is 8.28. The summed E-state index contributed by atoms with van der Waals surface area (Å²) < 4.78 is 52.6. The molecule has 0 spiro atoms. The number of halogens is 2. The first kappa shape index (κ1) is 16.6. The van der Waals surface area contributed by atoms with Crippen LogP contribution < -0.4 is 5.32 Å². The van der Waals surface area contributed by atoms with Gasteiger partial charge in [-0.05, 0) is 25.1 Å². The van der Waals surface area contributed by atoms with Crippen LogP contribution in [-0.4, -0.2) is 56.4 Å². The number of piperazine rings is 1. The number of hydrogen-bond donors (Lipinski definition) is 1. The summed E-state index contributed by atoms with van der Waals surface area (Å²) in [6.45, 7) is 2.73. The minimum Gasteiger partial charge on any atom is -0.338 e. The van der Waals surface area contributed by atoms with E-state index in [4.69, 9.17) is 0 Å². The van der Waals surface area contributed by atoms with Crippen molar-refractivity contribution in [2.45, 2.75) is 11.8 Å². The second-order valence-electron chi connectivity index (χ2n) is 4.80. The highest BCUT2D eigenvalue weighted by atomic mass is 32.2. The van der Waals surface area contributed by atoms with Crippen LogP contribution in [0.1, 0.15) is 6.92 Å². The minimum atomic E-state index is -4.12. The van der Waals surface area contributed by atoms with Crippen LogP contribution in [0.25, 0.3) is 0 Å². The Kier molecular flexibility index (Phi) is 4.97. The number of nitrogens with zero attached hydrogens (tertiary/aromatic N) is 2. The molecule has 0 aromatic heterocycles. The van der Waals surface area contributed by atoms with Crippen molar-refractivity contribution < 1.29 is 22.0 Å².